The highest BCUT2D eigenvalue weighted by Gasteiger charge is 2.37. The lowest BCUT2D eigenvalue weighted by atomic mass is 10.2. The highest BCUT2D eigenvalue weighted by atomic mass is 28.4. The van der Waals surface area contributed by atoms with Crippen molar-refractivity contribution in [2.24, 2.45) is 0 Å². The molecule has 2 aromatic carbocycles. The van der Waals surface area contributed by atoms with E-state index in [1.165, 1.54) is 24.3 Å². The molecule has 0 aromatic heterocycles. The molecule has 0 bridgehead atoms. The number of benzene rings is 2. The first-order valence-electron chi connectivity index (χ1n) is 8.87. The molecule has 2 N–H and O–H groups in total. The molecule has 0 aliphatic carbocycles. The summed E-state index contributed by atoms with van der Waals surface area (Å²) in [5.41, 5.74) is 0.422. The summed E-state index contributed by atoms with van der Waals surface area (Å²) >= 11 is 0. The quantitative estimate of drug-likeness (QED) is 0.368. The number of aromatic hydroxyl groups is 2. The van der Waals surface area contributed by atoms with Crippen molar-refractivity contribution >= 4 is 19.7 Å². The van der Waals surface area contributed by atoms with Gasteiger partial charge < -0.3 is 23.8 Å². The number of phenolic OH excluding ortho intramolecular Hbond substituents is 2. The second kappa shape index (κ2) is 10.1. The zero-order chi connectivity index (χ0) is 19.7. The lowest BCUT2D eigenvalue weighted by Crippen LogP contribution is -2.52. The number of esters is 1. The SMILES string of the molecule is CO[Si](CCCCCOC(=O)c1ccc(O)cc1)(OC)c1ccc(O)cc1. The number of unbranched alkanes of at least 4 members (excludes halogenated alkanes) is 2. The van der Waals surface area contributed by atoms with Crippen LogP contribution in [0.15, 0.2) is 48.5 Å². The Bertz CT molecular complexity index is 710. The highest BCUT2D eigenvalue weighted by molar-refractivity contribution is 6.81. The van der Waals surface area contributed by atoms with E-state index in [-0.39, 0.29) is 11.5 Å². The van der Waals surface area contributed by atoms with Crippen LogP contribution in [0.1, 0.15) is 29.6 Å². The molecule has 2 rings (SSSR count). The number of phenols is 2. The van der Waals surface area contributed by atoms with E-state index in [2.05, 4.69) is 0 Å². The number of ether oxygens (including phenoxy) is 1. The maximum atomic E-state index is 11.9. The molecule has 0 radical (unpaired) electrons. The molecule has 0 aliphatic heterocycles. The molecule has 0 saturated carbocycles. The van der Waals surface area contributed by atoms with E-state index in [1.54, 1.807) is 26.4 Å². The van der Waals surface area contributed by atoms with Crippen molar-refractivity contribution in [3.63, 3.8) is 0 Å². The van der Waals surface area contributed by atoms with Crippen LogP contribution in [0.2, 0.25) is 6.04 Å². The fourth-order valence-corrected chi connectivity index (χ4v) is 5.59. The maximum absolute atomic E-state index is 11.9. The Kier molecular flexibility index (Phi) is 7.84. The first-order valence-corrected chi connectivity index (χ1v) is 10.9. The fraction of sp³-hybridized carbons (Fsp3) is 0.350. The molecule has 0 aliphatic rings. The summed E-state index contributed by atoms with van der Waals surface area (Å²) in [6.45, 7) is 0.341. The Hall–Kier alpha value is -2.35. The summed E-state index contributed by atoms with van der Waals surface area (Å²) in [6, 6.07) is 13.7. The second-order valence-corrected chi connectivity index (χ2v) is 9.60. The molecule has 0 atom stereocenters. The maximum Gasteiger partial charge on any atom is 0.371 e. The summed E-state index contributed by atoms with van der Waals surface area (Å²) in [5, 5.41) is 19.7. The number of carbonyl (C=O) groups excluding carboxylic acids is 1. The molecule has 0 fully saturated rings. The molecule has 27 heavy (non-hydrogen) atoms. The summed E-state index contributed by atoms with van der Waals surface area (Å²) in [4.78, 5) is 11.9. The first-order chi connectivity index (χ1) is 13.0. The van der Waals surface area contributed by atoms with Crippen LogP contribution in [-0.4, -0.2) is 45.6 Å². The normalized spacial score (nSPS) is 11.3. The Morgan fingerprint density at radius 3 is 1.96 bits per heavy atom. The van der Waals surface area contributed by atoms with Crippen LogP contribution in [0.25, 0.3) is 0 Å². The van der Waals surface area contributed by atoms with Crippen LogP contribution in [0, 0.1) is 0 Å². The fourth-order valence-electron chi connectivity index (χ4n) is 2.87. The van der Waals surface area contributed by atoms with E-state index in [0.717, 1.165) is 30.5 Å². The van der Waals surface area contributed by atoms with Gasteiger partial charge in [-0.1, -0.05) is 25.0 Å². The third-order valence-electron chi connectivity index (χ3n) is 4.45. The minimum atomic E-state index is -2.53. The van der Waals surface area contributed by atoms with Gasteiger partial charge in [0.05, 0.1) is 12.2 Å². The van der Waals surface area contributed by atoms with E-state index in [9.17, 15) is 15.0 Å². The van der Waals surface area contributed by atoms with Crippen LogP contribution >= 0.6 is 0 Å². The average molecular weight is 391 g/mol. The van der Waals surface area contributed by atoms with Gasteiger partial charge in [-0.3, -0.25) is 0 Å². The molecule has 0 spiro atoms. The topological polar surface area (TPSA) is 85.2 Å². The number of rotatable bonds is 10. The predicted octanol–water partition coefficient (Wildman–Crippen LogP) is 3.07. The standard InChI is InChI=1S/C20H26O6Si/c1-24-27(25-2,19-12-10-18(22)11-13-19)15-5-3-4-14-26-20(23)16-6-8-17(21)9-7-16/h6-13,21-22H,3-5,14-15H2,1-2H3. The summed E-state index contributed by atoms with van der Waals surface area (Å²) in [5.74, 6) is -0.0648. The summed E-state index contributed by atoms with van der Waals surface area (Å²) in [7, 11) is 0.784. The van der Waals surface area contributed by atoms with Gasteiger partial charge in [-0.25, -0.2) is 4.79 Å². The largest absolute Gasteiger partial charge is 0.508 e. The third kappa shape index (κ3) is 5.82. The van der Waals surface area contributed by atoms with Gasteiger partial charge in [0.15, 0.2) is 0 Å². The van der Waals surface area contributed by atoms with E-state index in [4.69, 9.17) is 13.6 Å². The zero-order valence-electron chi connectivity index (χ0n) is 15.7. The van der Waals surface area contributed by atoms with Gasteiger partial charge >= 0.3 is 14.5 Å². The molecular weight excluding hydrogens is 364 g/mol. The molecule has 0 amide bonds. The van der Waals surface area contributed by atoms with Crippen molar-refractivity contribution in [3.05, 3.63) is 54.1 Å². The van der Waals surface area contributed by atoms with Gasteiger partial charge in [0.2, 0.25) is 0 Å². The van der Waals surface area contributed by atoms with E-state index in [1.807, 2.05) is 12.1 Å². The highest BCUT2D eigenvalue weighted by Crippen LogP contribution is 2.19. The minimum Gasteiger partial charge on any atom is -0.508 e. The summed E-state index contributed by atoms with van der Waals surface area (Å²) in [6.07, 6.45) is 2.51. The smallest absolute Gasteiger partial charge is 0.371 e. The van der Waals surface area contributed by atoms with Gasteiger partial charge in [0.1, 0.15) is 11.5 Å². The van der Waals surface area contributed by atoms with Crippen molar-refractivity contribution in [1.29, 1.82) is 0 Å². The van der Waals surface area contributed by atoms with Crippen LogP contribution in [0.3, 0.4) is 0 Å². The third-order valence-corrected chi connectivity index (χ3v) is 8.00. The molecular formula is C20H26O6Si. The predicted molar refractivity (Wildman–Crippen MR) is 105 cm³/mol. The van der Waals surface area contributed by atoms with Crippen LogP contribution < -0.4 is 5.19 Å². The molecule has 7 heteroatoms. The van der Waals surface area contributed by atoms with E-state index in [0.29, 0.717) is 12.2 Å². The van der Waals surface area contributed by atoms with Gasteiger partial charge in [0, 0.05) is 14.2 Å². The van der Waals surface area contributed by atoms with Crippen LogP contribution in [-0.2, 0) is 13.6 Å². The molecule has 146 valence electrons. The van der Waals surface area contributed by atoms with Gasteiger partial charge in [0.25, 0.3) is 0 Å². The van der Waals surface area contributed by atoms with E-state index >= 15 is 0 Å². The molecule has 6 nitrogen and oxygen atoms in total. The number of hydrogen-bond donors (Lipinski definition) is 2. The first kappa shape index (κ1) is 21.0. The van der Waals surface area contributed by atoms with Crippen LogP contribution in [0.5, 0.6) is 11.5 Å². The number of carbonyl (C=O) groups is 1. The van der Waals surface area contributed by atoms with Gasteiger partial charge in [-0.15, -0.1) is 0 Å². The minimum absolute atomic E-state index is 0.115. The van der Waals surface area contributed by atoms with Crippen molar-refractivity contribution in [2.45, 2.75) is 25.3 Å². The molecule has 0 heterocycles. The van der Waals surface area contributed by atoms with Crippen LogP contribution in [0.4, 0.5) is 0 Å². The van der Waals surface area contributed by atoms with Crippen molar-refractivity contribution in [1.82, 2.24) is 0 Å². The monoisotopic (exact) mass is 390 g/mol. The van der Waals surface area contributed by atoms with Crippen molar-refractivity contribution in [3.8, 4) is 11.5 Å². The Morgan fingerprint density at radius 1 is 0.852 bits per heavy atom. The second-order valence-electron chi connectivity index (χ2n) is 6.20. The van der Waals surface area contributed by atoms with Gasteiger partial charge in [-0.05, 0) is 54.0 Å². The number of hydrogen-bond acceptors (Lipinski definition) is 6. The molecule has 2 aromatic rings. The lowest BCUT2D eigenvalue weighted by Gasteiger charge is -2.27. The summed E-state index contributed by atoms with van der Waals surface area (Å²) < 4.78 is 16.8. The Morgan fingerprint density at radius 2 is 1.41 bits per heavy atom. The Balaban J connectivity index is 1.76. The molecule has 0 unspecified atom stereocenters. The zero-order valence-corrected chi connectivity index (χ0v) is 16.7. The average Bonchev–Trinajstić information content (AvgIpc) is 2.69. The van der Waals surface area contributed by atoms with Crippen molar-refractivity contribution < 1.29 is 28.6 Å². The van der Waals surface area contributed by atoms with Crippen molar-refractivity contribution in [2.75, 3.05) is 20.8 Å². The molecule has 0 saturated heterocycles. The van der Waals surface area contributed by atoms with Gasteiger partial charge in [-0.2, -0.15) is 0 Å². The lowest BCUT2D eigenvalue weighted by molar-refractivity contribution is 0.0498. The Labute approximate surface area is 160 Å². The van der Waals surface area contributed by atoms with E-state index < -0.39 is 14.5 Å².